The standard InChI is InChI=1S/C12H17BrN2O3S/c1-8-10(14)5-9(13)6-11(8)19(17,18)15-7-12(16)3-2-4-12/h5-6,15-16H,2-4,7,14H2,1H3. The van der Waals surface area contributed by atoms with Crippen molar-refractivity contribution < 1.29 is 13.5 Å². The van der Waals surface area contributed by atoms with Gasteiger partial charge < -0.3 is 10.8 Å². The van der Waals surface area contributed by atoms with Crippen LogP contribution in [0.25, 0.3) is 0 Å². The second-order valence-electron chi connectivity index (χ2n) is 5.02. The highest BCUT2D eigenvalue weighted by molar-refractivity contribution is 9.10. The van der Waals surface area contributed by atoms with Crippen molar-refractivity contribution in [3.05, 3.63) is 22.2 Å². The summed E-state index contributed by atoms with van der Waals surface area (Å²) in [6.45, 7) is 1.70. The van der Waals surface area contributed by atoms with Crippen LogP contribution in [0.5, 0.6) is 0 Å². The highest BCUT2D eigenvalue weighted by Crippen LogP contribution is 2.31. The van der Waals surface area contributed by atoms with Crippen molar-refractivity contribution in [3.8, 4) is 0 Å². The summed E-state index contributed by atoms with van der Waals surface area (Å²) >= 11 is 3.23. The van der Waals surface area contributed by atoms with E-state index in [2.05, 4.69) is 20.7 Å². The predicted octanol–water partition coefficient (Wildman–Crippen LogP) is 1.53. The average molecular weight is 349 g/mol. The van der Waals surface area contributed by atoms with E-state index in [4.69, 9.17) is 5.73 Å². The van der Waals surface area contributed by atoms with Crippen LogP contribution in [0.4, 0.5) is 5.69 Å². The summed E-state index contributed by atoms with van der Waals surface area (Å²) < 4.78 is 27.6. The molecule has 0 saturated heterocycles. The number of nitrogen functional groups attached to an aromatic ring is 1. The first-order chi connectivity index (χ1) is 8.73. The van der Waals surface area contributed by atoms with Gasteiger partial charge in [0.05, 0.1) is 10.5 Å². The molecule has 2 rings (SSSR count). The molecule has 0 aliphatic heterocycles. The lowest BCUT2D eigenvalue weighted by molar-refractivity contribution is -0.0270. The first-order valence-electron chi connectivity index (χ1n) is 6.01. The predicted molar refractivity (Wildman–Crippen MR) is 77.3 cm³/mol. The van der Waals surface area contributed by atoms with Crippen LogP contribution < -0.4 is 10.5 Å². The highest BCUT2D eigenvalue weighted by Gasteiger charge is 2.35. The van der Waals surface area contributed by atoms with Gasteiger partial charge in [-0.15, -0.1) is 0 Å². The summed E-state index contributed by atoms with van der Waals surface area (Å²) in [5.41, 5.74) is 5.80. The highest BCUT2D eigenvalue weighted by atomic mass is 79.9. The van der Waals surface area contributed by atoms with E-state index < -0.39 is 15.6 Å². The molecule has 0 amide bonds. The van der Waals surface area contributed by atoms with Gasteiger partial charge in [-0.2, -0.15) is 0 Å². The molecule has 1 saturated carbocycles. The van der Waals surface area contributed by atoms with Crippen molar-refractivity contribution in [2.45, 2.75) is 36.7 Å². The number of benzene rings is 1. The molecule has 1 aliphatic rings. The van der Waals surface area contributed by atoms with E-state index in [1.54, 1.807) is 13.0 Å². The Morgan fingerprint density at radius 1 is 1.47 bits per heavy atom. The molecule has 0 spiro atoms. The molecule has 1 aromatic rings. The third-order valence-corrected chi connectivity index (χ3v) is 5.52. The lowest BCUT2D eigenvalue weighted by Crippen LogP contribution is -2.47. The summed E-state index contributed by atoms with van der Waals surface area (Å²) in [5.74, 6) is 0. The van der Waals surface area contributed by atoms with Crippen molar-refractivity contribution >= 4 is 31.6 Å². The zero-order chi connectivity index (χ0) is 14.3. The Balaban J connectivity index is 2.24. The van der Waals surface area contributed by atoms with Gasteiger partial charge in [0.15, 0.2) is 0 Å². The van der Waals surface area contributed by atoms with Crippen LogP contribution in [0.1, 0.15) is 24.8 Å². The van der Waals surface area contributed by atoms with Crippen LogP contribution in [0.15, 0.2) is 21.5 Å². The maximum Gasteiger partial charge on any atom is 0.241 e. The third kappa shape index (κ3) is 3.10. The van der Waals surface area contributed by atoms with Crippen LogP contribution in [0, 0.1) is 6.92 Å². The molecule has 0 aromatic heterocycles. The van der Waals surface area contributed by atoms with Gasteiger partial charge in [-0.05, 0) is 43.9 Å². The lowest BCUT2D eigenvalue weighted by atomic mass is 9.81. The van der Waals surface area contributed by atoms with Crippen LogP contribution >= 0.6 is 15.9 Å². The third-order valence-electron chi connectivity index (χ3n) is 3.53. The normalized spacial score (nSPS) is 18.1. The molecule has 0 bridgehead atoms. The number of hydrogen-bond acceptors (Lipinski definition) is 4. The number of halogens is 1. The van der Waals surface area contributed by atoms with Gasteiger partial charge in [0.2, 0.25) is 10.0 Å². The number of anilines is 1. The minimum absolute atomic E-state index is 0.0428. The second kappa shape index (κ2) is 5.05. The summed E-state index contributed by atoms with van der Waals surface area (Å²) in [7, 11) is -3.67. The second-order valence-corrected chi connectivity index (χ2v) is 7.67. The first kappa shape index (κ1) is 14.8. The van der Waals surface area contributed by atoms with E-state index in [9.17, 15) is 13.5 Å². The van der Waals surface area contributed by atoms with Gasteiger partial charge >= 0.3 is 0 Å². The van der Waals surface area contributed by atoms with Gasteiger partial charge in [-0.3, -0.25) is 0 Å². The Labute approximate surface area is 121 Å². The maximum absolute atomic E-state index is 12.2. The van der Waals surface area contributed by atoms with Gasteiger partial charge in [0.1, 0.15) is 0 Å². The van der Waals surface area contributed by atoms with Gasteiger partial charge in [0.25, 0.3) is 0 Å². The summed E-state index contributed by atoms with van der Waals surface area (Å²) in [6, 6.07) is 3.17. The quantitative estimate of drug-likeness (QED) is 0.719. The van der Waals surface area contributed by atoms with Gasteiger partial charge in [0, 0.05) is 16.7 Å². The van der Waals surface area contributed by atoms with Crippen LogP contribution in [-0.4, -0.2) is 25.7 Å². The molecule has 106 valence electrons. The molecule has 0 radical (unpaired) electrons. The van der Waals surface area contributed by atoms with Crippen molar-refractivity contribution in [1.82, 2.24) is 4.72 Å². The Morgan fingerprint density at radius 2 is 2.11 bits per heavy atom. The molecule has 19 heavy (non-hydrogen) atoms. The van der Waals surface area contributed by atoms with Crippen molar-refractivity contribution in [3.63, 3.8) is 0 Å². The molecule has 0 atom stereocenters. The Hall–Kier alpha value is -0.630. The Kier molecular flexibility index (Phi) is 3.92. The van der Waals surface area contributed by atoms with E-state index >= 15 is 0 Å². The molecule has 0 unspecified atom stereocenters. The molecule has 5 nitrogen and oxygen atoms in total. The number of hydrogen-bond donors (Lipinski definition) is 3. The van der Waals surface area contributed by atoms with E-state index in [1.807, 2.05) is 0 Å². The van der Waals surface area contributed by atoms with E-state index in [0.29, 0.717) is 28.6 Å². The van der Waals surface area contributed by atoms with Gasteiger partial charge in [-0.1, -0.05) is 15.9 Å². The van der Waals surface area contributed by atoms with Gasteiger partial charge in [-0.25, -0.2) is 13.1 Å². The Bertz CT molecular complexity index is 597. The molecular formula is C12H17BrN2O3S. The van der Waals surface area contributed by atoms with Crippen LogP contribution in [-0.2, 0) is 10.0 Å². The fraction of sp³-hybridized carbons (Fsp3) is 0.500. The minimum Gasteiger partial charge on any atom is -0.398 e. The van der Waals surface area contributed by atoms with Crippen molar-refractivity contribution in [2.24, 2.45) is 0 Å². The number of rotatable bonds is 4. The minimum atomic E-state index is -3.67. The fourth-order valence-electron chi connectivity index (χ4n) is 2.02. The molecule has 7 heteroatoms. The Morgan fingerprint density at radius 3 is 2.63 bits per heavy atom. The summed E-state index contributed by atoms with van der Waals surface area (Å²) in [6.07, 6.45) is 2.20. The number of nitrogens with two attached hydrogens (primary N) is 1. The summed E-state index contributed by atoms with van der Waals surface area (Å²) in [5, 5.41) is 9.94. The zero-order valence-electron chi connectivity index (χ0n) is 10.6. The molecular weight excluding hydrogens is 332 g/mol. The number of nitrogens with one attached hydrogen (secondary N) is 1. The molecule has 1 aliphatic carbocycles. The van der Waals surface area contributed by atoms with E-state index in [1.165, 1.54) is 6.07 Å². The zero-order valence-corrected chi connectivity index (χ0v) is 13.0. The molecule has 4 N–H and O–H groups in total. The topological polar surface area (TPSA) is 92.4 Å². The molecule has 1 fully saturated rings. The monoisotopic (exact) mass is 348 g/mol. The summed E-state index contributed by atoms with van der Waals surface area (Å²) in [4.78, 5) is 0.141. The maximum atomic E-state index is 12.2. The first-order valence-corrected chi connectivity index (χ1v) is 8.29. The average Bonchev–Trinajstić information content (AvgIpc) is 2.28. The molecule has 1 aromatic carbocycles. The SMILES string of the molecule is Cc1c(N)cc(Br)cc1S(=O)(=O)NCC1(O)CCC1. The van der Waals surface area contributed by atoms with Crippen molar-refractivity contribution in [2.75, 3.05) is 12.3 Å². The molecule has 0 heterocycles. The fourth-order valence-corrected chi connectivity index (χ4v) is 4.07. The van der Waals surface area contributed by atoms with Crippen LogP contribution in [0.2, 0.25) is 0 Å². The smallest absolute Gasteiger partial charge is 0.241 e. The van der Waals surface area contributed by atoms with E-state index in [-0.39, 0.29) is 11.4 Å². The van der Waals surface area contributed by atoms with Crippen molar-refractivity contribution in [1.29, 1.82) is 0 Å². The van der Waals surface area contributed by atoms with E-state index in [0.717, 1.165) is 6.42 Å². The number of sulfonamides is 1. The lowest BCUT2D eigenvalue weighted by Gasteiger charge is -2.36. The van der Waals surface area contributed by atoms with Crippen LogP contribution in [0.3, 0.4) is 0 Å². The number of aliphatic hydroxyl groups is 1. The largest absolute Gasteiger partial charge is 0.398 e.